The van der Waals surface area contributed by atoms with Crippen LogP contribution in [0.15, 0.2) is 10.8 Å². The summed E-state index contributed by atoms with van der Waals surface area (Å²) < 4.78 is 9.59. The smallest absolute Gasteiger partial charge is 0.376 e. The number of carbonyl (C=O) groups excluding carboxylic acids is 1. The number of aromatic nitrogens is 1. The molecule has 0 fully saturated rings. The van der Waals surface area contributed by atoms with Gasteiger partial charge in [-0.05, 0) is 6.92 Å². The average molecular weight is 234 g/mol. The zero-order valence-corrected chi connectivity index (χ0v) is 8.13. The molecule has 0 saturated heterocycles. The molecule has 0 unspecified atom stereocenters. The van der Waals surface area contributed by atoms with E-state index in [9.17, 15) is 4.79 Å². The van der Waals surface area contributed by atoms with E-state index in [0.29, 0.717) is 17.6 Å². The summed E-state index contributed by atoms with van der Waals surface area (Å²) in [6.45, 7) is 2.07. The third kappa shape index (κ3) is 1.85. The highest BCUT2D eigenvalue weighted by molar-refractivity contribution is 9.08. The molecule has 66 valence electrons. The van der Waals surface area contributed by atoms with Crippen molar-refractivity contribution < 1.29 is 13.9 Å². The molecule has 0 bridgehead atoms. The van der Waals surface area contributed by atoms with Crippen LogP contribution < -0.4 is 0 Å². The van der Waals surface area contributed by atoms with Crippen molar-refractivity contribution in [3.05, 3.63) is 17.8 Å². The number of alkyl halides is 1. The van der Waals surface area contributed by atoms with Crippen LogP contribution in [0.5, 0.6) is 0 Å². The Morgan fingerprint density at radius 1 is 1.83 bits per heavy atom. The van der Waals surface area contributed by atoms with Gasteiger partial charge in [-0.15, -0.1) is 0 Å². The van der Waals surface area contributed by atoms with E-state index in [2.05, 4.69) is 20.9 Å². The van der Waals surface area contributed by atoms with Gasteiger partial charge in [-0.3, -0.25) is 0 Å². The average Bonchev–Trinajstić information content (AvgIpc) is 2.51. The van der Waals surface area contributed by atoms with Crippen LogP contribution in [0.4, 0.5) is 0 Å². The Kier molecular flexibility index (Phi) is 3.28. The predicted octanol–water partition coefficient (Wildman–Crippen LogP) is 1.75. The van der Waals surface area contributed by atoms with Crippen LogP contribution in [0.3, 0.4) is 0 Å². The Bertz CT molecular complexity index is 271. The molecule has 0 N–H and O–H groups in total. The Morgan fingerprint density at radius 2 is 2.58 bits per heavy atom. The number of esters is 1. The van der Waals surface area contributed by atoms with E-state index in [4.69, 9.17) is 9.15 Å². The van der Waals surface area contributed by atoms with E-state index in [1.807, 2.05) is 0 Å². The van der Waals surface area contributed by atoms with Gasteiger partial charge in [-0.1, -0.05) is 15.9 Å². The predicted molar refractivity (Wildman–Crippen MR) is 45.1 cm³/mol. The van der Waals surface area contributed by atoms with Crippen molar-refractivity contribution in [3.8, 4) is 0 Å². The number of oxazole rings is 1. The number of halogens is 1. The molecule has 0 aromatic carbocycles. The number of rotatable bonds is 3. The van der Waals surface area contributed by atoms with Gasteiger partial charge >= 0.3 is 5.97 Å². The van der Waals surface area contributed by atoms with Crippen LogP contribution in [0.2, 0.25) is 0 Å². The molecule has 1 heterocycles. The van der Waals surface area contributed by atoms with Gasteiger partial charge in [0, 0.05) is 5.33 Å². The molecule has 0 aliphatic rings. The maximum Gasteiger partial charge on any atom is 0.376 e. The fourth-order valence-electron chi connectivity index (χ4n) is 0.727. The largest absolute Gasteiger partial charge is 0.460 e. The second kappa shape index (κ2) is 4.25. The number of carbonyl (C=O) groups is 1. The lowest BCUT2D eigenvalue weighted by Gasteiger charge is -1.97. The van der Waals surface area contributed by atoms with E-state index >= 15 is 0 Å². The van der Waals surface area contributed by atoms with Crippen molar-refractivity contribution in [1.82, 2.24) is 4.98 Å². The van der Waals surface area contributed by atoms with Crippen LogP contribution in [0.1, 0.15) is 23.2 Å². The van der Waals surface area contributed by atoms with Gasteiger partial charge in [-0.25, -0.2) is 9.78 Å². The third-order valence-corrected chi connectivity index (χ3v) is 1.76. The summed E-state index contributed by atoms with van der Waals surface area (Å²) in [4.78, 5) is 14.9. The van der Waals surface area contributed by atoms with Gasteiger partial charge in [0.1, 0.15) is 5.69 Å². The fourth-order valence-corrected chi connectivity index (χ4v) is 1.13. The molecular formula is C7H8BrNO3. The first-order chi connectivity index (χ1) is 5.79. The minimum Gasteiger partial charge on any atom is -0.460 e. The lowest BCUT2D eigenvalue weighted by molar-refractivity contribution is 0.0489. The summed E-state index contributed by atoms with van der Waals surface area (Å²) in [6.07, 6.45) is 1.23. The molecule has 0 radical (unpaired) electrons. The molecule has 1 rings (SSSR count). The van der Waals surface area contributed by atoms with Gasteiger partial charge in [-0.2, -0.15) is 0 Å². The highest BCUT2D eigenvalue weighted by atomic mass is 79.9. The van der Waals surface area contributed by atoms with Crippen molar-refractivity contribution >= 4 is 21.9 Å². The van der Waals surface area contributed by atoms with Crippen LogP contribution in [-0.4, -0.2) is 17.6 Å². The lowest BCUT2D eigenvalue weighted by atomic mass is 10.4. The van der Waals surface area contributed by atoms with E-state index in [0.717, 1.165) is 0 Å². The normalized spacial score (nSPS) is 9.83. The van der Waals surface area contributed by atoms with E-state index < -0.39 is 5.97 Å². The third-order valence-electron chi connectivity index (χ3n) is 1.23. The van der Waals surface area contributed by atoms with Gasteiger partial charge < -0.3 is 9.15 Å². The molecule has 0 spiro atoms. The quantitative estimate of drug-likeness (QED) is 0.590. The van der Waals surface area contributed by atoms with Gasteiger partial charge in [0.15, 0.2) is 6.39 Å². The maximum atomic E-state index is 11.1. The molecule has 0 amide bonds. The summed E-state index contributed by atoms with van der Waals surface area (Å²) in [5, 5.41) is 0.484. The molecule has 0 atom stereocenters. The Labute approximate surface area is 78.0 Å². The molecule has 0 aliphatic carbocycles. The first kappa shape index (κ1) is 9.25. The fraction of sp³-hybridized carbons (Fsp3) is 0.429. The van der Waals surface area contributed by atoms with E-state index in [-0.39, 0.29) is 5.76 Å². The molecular weight excluding hydrogens is 226 g/mol. The molecule has 1 aromatic rings. The Morgan fingerprint density at radius 3 is 3.17 bits per heavy atom. The van der Waals surface area contributed by atoms with Crippen molar-refractivity contribution in [2.75, 3.05) is 6.61 Å². The van der Waals surface area contributed by atoms with Gasteiger partial charge in [0.05, 0.1) is 6.61 Å². The van der Waals surface area contributed by atoms with Crippen molar-refractivity contribution in [2.24, 2.45) is 0 Å². The Hall–Kier alpha value is -0.840. The standard InChI is InChI=1S/C7H8BrNO3/c1-2-11-7(10)6-5(3-8)9-4-12-6/h4H,2-3H2,1H3. The molecule has 12 heavy (non-hydrogen) atoms. The summed E-state index contributed by atoms with van der Waals surface area (Å²) in [5.74, 6) is -0.293. The van der Waals surface area contributed by atoms with Crippen LogP contribution >= 0.6 is 15.9 Å². The summed E-state index contributed by atoms with van der Waals surface area (Å²) in [6, 6.07) is 0. The van der Waals surface area contributed by atoms with Crippen LogP contribution in [0, 0.1) is 0 Å². The topological polar surface area (TPSA) is 52.3 Å². The maximum absolute atomic E-state index is 11.1. The van der Waals surface area contributed by atoms with Crippen molar-refractivity contribution in [2.45, 2.75) is 12.3 Å². The van der Waals surface area contributed by atoms with Crippen LogP contribution in [0.25, 0.3) is 0 Å². The van der Waals surface area contributed by atoms with Crippen LogP contribution in [-0.2, 0) is 10.1 Å². The first-order valence-corrected chi connectivity index (χ1v) is 4.57. The molecule has 1 aromatic heterocycles. The minimum absolute atomic E-state index is 0.175. The van der Waals surface area contributed by atoms with Gasteiger partial charge in [0.25, 0.3) is 0 Å². The monoisotopic (exact) mass is 233 g/mol. The van der Waals surface area contributed by atoms with E-state index in [1.54, 1.807) is 6.92 Å². The summed E-state index contributed by atoms with van der Waals surface area (Å²) >= 11 is 3.18. The second-order valence-corrected chi connectivity index (χ2v) is 2.54. The first-order valence-electron chi connectivity index (χ1n) is 3.45. The van der Waals surface area contributed by atoms with E-state index in [1.165, 1.54) is 6.39 Å². The SMILES string of the molecule is CCOC(=O)c1ocnc1CBr. The second-order valence-electron chi connectivity index (χ2n) is 1.98. The summed E-state index contributed by atoms with van der Waals surface area (Å²) in [5.41, 5.74) is 0.563. The number of nitrogens with zero attached hydrogens (tertiary/aromatic N) is 1. The highest BCUT2D eigenvalue weighted by Crippen LogP contribution is 2.11. The number of ether oxygens (including phenoxy) is 1. The lowest BCUT2D eigenvalue weighted by Crippen LogP contribution is -2.05. The van der Waals surface area contributed by atoms with Crippen molar-refractivity contribution in [1.29, 1.82) is 0 Å². The van der Waals surface area contributed by atoms with Crippen molar-refractivity contribution in [3.63, 3.8) is 0 Å². The zero-order valence-electron chi connectivity index (χ0n) is 6.54. The molecule has 0 saturated carbocycles. The zero-order chi connectivity index (χ0) is 8.97. The van der Waals surface area contributed by atoms with Gasteiger partial charge in [0.2, 0.25) is 5.76 Å². The molecule has 0 aliphatic heterocycles. The highest BCUT2D eigenvalue weighted by Gasteiger charge is 2.16. The summed E-state index contributed by atoms with van der Waals surface area (Å²) in [7, 11) is 0. The minimum atomic E-state index is -0.468. The molecule has 5 heteroatoms. The number of hydrogen-bond acceptors (Lipinski definition) is 4. The molecule has 4 nitrogen and oxygen atoms in total. The number of hydrogen-bond donors (Lipinski definition) is 0. The Balaban J connectivity index is 2.79.